The average molecular weight is 675 g/mol. The van der Waals surface area contributed by atoms with Crippen molar-refractivity contribution in [2.24, 2.45) is 0 Å². The number of nitrogens with zero attached hydrogens (tertiary/aromatic N) is 2. The number of rotatable bonds is 10. The van der Waals surface area contributed by atoms with E-state index >= 15 is 4.39 Å². The minimum atomic E-state index is -4.63. The van der Waals surface area contributed by atoms with Crippen LogP contribution in [0.3, 0.4) is 0 Å². The number of hydrogen-bond donors (Lipinski definition) is 2. The molecule has 13 heteroatoms. The lowest BCUT2D eigenvalue weighted by Crippen LogP contribution is -2.53. The SMILES string of the molecule is O=C(C[C@@H](c1ccc(Cl)cc1)c1cncc(C(F)(F)F)c1)Nc1cccc(F)c1CC[C@H]1CNCCN1S(=O)(=O)c1ccccc1. The average Bonchev–Trinajstić information content (AvgIpc) is 3.04. The molecule has 0 aliphatic carbocycles. The Morgan fingerprint density at radius 3 is 2.48 bits per heavy atom. The molecule has 1 aromatic heterocycles. The fraction of sp³-hybridized carbons (Fsp3) is 0.273. The predicted octanol–water partition coefficient (Wildman–Crippen LogP) is 6.65. The van der Waals surface area contributed by atoms with Crippen LogP contribution in [0.25, 0.3) is 0 Å². The van der Waals surface area contributed by atoms with E-state index in [-0.39, 0.29) is 47.5 Å². The van der Waals surface area contributed by atoms with Gasteiger partial charge in [-0.1, -0.05) is 48.0 Å². The normalized spacial score (nSPS) is 16.6. The summed E-state index contributed by atoms with van der Waals surface area (Å²) >= 11 is 6.03. The monoisotopic (exact) mass is 674 g/mol. The van der Waals surface area contributed by atoms with Crippen LogP contribution in [-0.4, -0.2) is 49.3 Å². The number of anilines is 1. The van der Waals surface area contributed by atoms with Crippen molar-refractivity contribution in [3.63, 3.8) is 0 Å². The van der Waals surface area contributed by atoms with E-state index in [1.54, 1.807) is 42.5 Å². The van der Waals surface area contributed by atoms with Gasteiger partial charge in [-0.2, -0.15) is 17.5 Å². The minimum absolute atomic E-state index is 0.119. The maximum Gasteiger partial charge on any atom is 0.417 e. The molecule has 5 rings (SSSR count). The second kappa shape index (κ2) is 14.3. The summed E-state index contributed by atoms with van der Waals surface area (Å²) in [4.78, 5) is 17.4. The van der Waals surface area contributed by atoms with Crippen LogP contribution in [0.1, 0.15) is 41.0 Å². The van der Waals surface area contributed by atoms with E-state index in [1.807, 2.05) is 0 Å². The lowest BCUT2D eigenvalue weighted by Gasteiger charge is -2.35. The lowest BCUT2D eigenvalue weighted by molar-refractivity contribution is -0.137. The molecule has 0 unspecified atom stereocenters. The molecule has 4 aromatic rings. The van der Waals surface area contributed by atoms with Crippen molar-refractivity contribution in [1.29, 1.82) is 0 Å². The van der Waals surface area contributed by atoms with E-state index in [0.29, 0.717) is 23.7 Å². The van der Waals surface area contributed by atoms with Gasteiger partial charge in [0, 0.05) is 66.7 Å². The molecule has 0 radical (unpaired) electrons. The molecule has 3 aromatic carbocycles. The molecule has 2 heterocycles. The van der Waals surface area contributed by atoms with Crippen LogP contribution in [0.5, 0.6) is 0 Å². The number of alkyl halides is 3. The van der Waals surface area contributed by atoms with Crippen LogP contribution >= 0.6 is 11.6 Å². The van der Waals surface area contributed by atoms with Crippen LogP contribution in [0.4, 0.5) is 23.2 Å². The molecule has 7 nitrogen and oxygen atoms in total. The molecule has 2 N–H and O–H groups in total. The van der Waals surface area contributed by atoms with Gasteiger partial charge in [-0.05, 0) is 66.4 Å². The second-order valence-corrected chi connectivity index (χ2v) is 13.3. The van der Waals surface area contributed by atoms with Crippen molar-refractivity contribution in [2.75, 3.05) is 25.0 Å². The summed E-state index contributed by atoms with van der Waals surface area (Å²) in [5.41, 5.74) is 0.170. The summed E-state index contributed by atoms with van der Waals surface area (Å²) in [7, 11) is -3.79. The van der Waals surface area contributed by atoms with Crippen molar-refractivity contribution in [3.8, 4) is 0 Å². The highest BCUT2D eigenvalue weighted by Gasteiger charge is 2.34. The van der Waals surface area contributed by atoms with Gasteiger partial charge in [-0.3, -0.25) is 9.78 Å². The van der Waals surface area contributed by atoms with Crippen LogP contribution in [0.15, 0.2) is 96.2 Å². The molecule has 2 atom stereocenters. The van der Waals surface area contributed by atoms with E-state index in [0.717, 1.165) is 12.3 Å². The van der Waals surface area contributed by atoms with Crippen molar-refractivity contribution in [3.05, 3.63) is 124 Å². The molecule has 1 amide bonds. The molecular formula is C33H31ClF4N4O3S. The summed E-state index contributed by atoms with van der Waals surface area (Å²) in [6.45, 7) is 1.09. The largest absolute Gasteiger partial charge is 0.417 e. The number of sulfonamides is 1. The lowest BCUT2D eigenvalue weighted by atomic mass is 9.88. The van der Waals surface area contributed by atoms with Crippen molar-refractivity contribution in [1.82, 2.24) is 14.6 Å². The van der Waals surface area contributed by atoms with Gasteiger partial charge in [0.25, 0.3) is 0 Å². The topological polar surface area (TPSA) is 91.4 Å². The van der Waals surface area contributed by atoms with Crippen molar-refractivity contribution >= 4 is 33.2 Å². The maximum absolute atomic E-state index is 15.2. The molecule has 1 fully saturated rings. The highest BCUT2D eigenvalue weighted by Crippen LogP contribution is 2.35. The standard InChI is InChI=1S/C33H31ClF4N4O3S/c34-25-11-9-22(10-12-25)29(23-17-24(20-40-19-23)33(36,37)38)18-32(43)41-31-8-4-7-30(35)28(31)14-13-26-21-39-15-16-42(26)46(44,45)27-5-2-1-3-6-27/h1-12,17,19-20,26,29,39H,13-16,18,21H2,(H,41,43)/t26-,29-/m0/s1. The van der Waals surface area contributed by atoms with Crippen LogP contribution < -0.4 is 10.6 Å². The zero-order valence-corrected chi connectivity index (χ0v) is 26.0. The number of piperazine rings is 1. The quantitative estimate of drug-likeness (QED) is 0.184. The summed E-state index contributed by atoms with van der Waals surface area (Å²) in [5, 5.41) is 6.36. The van der Waals surface area contributed by atoms with Gasteiger partial charge in [0.15, 0.2) is 0 Å². The van der Waals surface area contributed by atoms with Gasteiger partial charge in [0.1, 0.15) is 5.82 Å². The Morgan fingerprint density at radius 1 is 1.02 bits per heavy atom. The predicted molar refractivity (Wildman–Crippen MR) is 167 cm³/mol. The van der Waals surface area contributed by atoms with E-state index in [2.05, 4.69) is 15.6 Å². The molecule has 1 saturated heterocycles. The number of benzene rings is 3. The Balaban J connectivity index is 1.36. The van der Waals surface area contributed by atoms with Gasteiger partial charge < -0.3 is 10.6 Å². The Morgan fingerprint density at radius 2 is 1.76 bits per heavy atom. The van der Waals surface area contributed by atoms with E-state index < -0.39 is 45.4 Å². The fourth-order valence-electron chi connectivity index (χ4n) is 5.59. The summed E-state index contributed by atoms with van der Waals surface area (Å²) in [6, 6.07) is 19.2. The number of carbonyl (C=O) groups excluding carboxylic acids is 1. The van der Waals surface area contributed by atoms with Crippen molar-refractivity contribution in [2.45, 2.75) is 42.3 Å². The van der Waals surface area contributed by atoms with Gasteiger partial charge in [-0.25, -0.2) is 12.8 Å². The molecule has 1 aliphatic rings. The van der Waals surface area contributed by atoms with Crippen LogP contribution in [-0.2, 0) is 27.4 Å². The zero-order valence-electron chi connectivity index (χ0n) is 24.5. The summed E-state index contributed by atoms with van der Waals surface area (Å²) in [5.74, 6) is -1.94. The second-order valence-electron chi connectivity index (χ2n) is 11.0. The van der Waals surface area contributed by atoms with Gasteiger partial charge in [-0.15, -0.1) is 0 Å². The first kappa shape index (κ1) is 33.5. The third kappa shape index (κ3) is 7.92. The summed E-state index contributed by atoms with van der Waals surface area (Å²) in [6.07, 6.45) is -2.51. The first-order valence-corrected chi connectivity index (χ1v) is 16.4. The van der Waals surface area contributed by atoms with E-state index in [4.69, 9.17) is 11.6 Å². The van der Waals surface area contributed by atoms with Gasteiger partial charge in [0.05, 0.1) is 10.5 Å². The highest BCUT2D eigenvalue weighted by atomic mass is 35.5. The Bertz CT molecular complexity index is 1770. The molecule has 46 heavy (non-hydrogen) atoms. The molecule has 1 aliphatic heterocycles. The van der Waals surface area contributed by atoms with Crippen LogP contribution in [0, 0.1) is 5.82 Å². The Labute approximate surface area is 269 Å². The number of carbonyl (C=O) groups is 1. The smallest absolute Gasteiger partial charge is 0.326 e. The first-order chi connectivity index (χ1) is 21.9. The third-order valence-corrected chi connectivity index (χ3v) is 10.1. The Hall–Kier alpha value is -3.84. The van der Waals surface area contributed by atoms with Crippen LogP contribution in [0.2, 0.25) is 5.02 Å². The third-order valence-electron chi connectivity index (χ3n) is 7.92. The minimum Gasteiger partial charge on any atom is -0.326 e. The number of halogens is 5. The highest BCUT2D eigenvalue weighted by molar-refractivity contribution is 7.89. The van der Waals surface area contributed by atoms with E-state index in [9.17, 15) is 26.4 Å². The zero-order chi connectivity index (χ0) is 32.9. The molecular weight excluding hydrogens is 644 g/mol. The molecule has 242 valence electrons. The van der Waals surface area contributed by atoms with Crippen molar-refractivity contribution < 1.29 is 30.8 Å². The van der Waals surface area contributed by atoms with Gasteiger partial charge >= 0.3 is 6.18 Å². The summed E-state index contributed by atoms with van der Waals surface area (Å²) < 4.78 is 83.9. The maximum atomic E-state index is 15.2. The fourth-order valence-corrected chi connectivity index (χ4v) is 7.39. The van der Waals surface area contributed by atoms with Gasteiger partial charge in [0.2, 0.25) is 15.9 Å². The number of pyridine rings is 1. The molecule has 0 saturated carbocycles. The number of hydrogen-bond acceptors (Lipinski definition) is 5. The number of amides is 1. The van der Waals surface area contributed by atoms with E-state index in [1.165, 1.54) is 40.8 Å². The molecule has 0 spiro atoms. The first-order valence-electron chi connectivity index (χ1n) is 14.6. The number of aromatic nitrogens is 1. The molecule has 0 bridgehead atoms. The number of nitrogens with one attached hydrogen (secondary N) is 2. The Kier molecular flexibility index (Phi) is 10.4.